The molecule has 6 nitrogen and oxygen atoms in total. The smallest absolute Gasteiger partial charge is 0.272 e. The number of fused-ring (bicyclic) bond motifs is 4. The Labute approximate surface area is 158 Å². The quantitative estimate of drug-likeness (QED) is 0.904. The molecule has 2 amide bonds. The van der Waals surface area contributed by atoms with E-state index in [-0.39, 0.29) is 30.0 Å². The Balaban J connectivity index is 1.48. The Morgan fingerprint density at radius 1 is 1.07 bits per heavy atom. The maximum atomic E-state index is 12.9. The highest BCUT2D eigenvalue weighted by Crippen LogP contribution is 2.29. The van der Waals surface area contributed by atoms with Gasteiger partial charge in [-0.2, -0.15) is 0 Å². The molecule has 5 rings (SSSR count). The molecule has 2 bridgehead atoms. The zero-order valence-electron chi connectivity index (χ0n) is 15.1. The van der Waals surface area contributed by atoms with Crippen LogP contribution in [0.4, 0.5) is 0 Å². The second kappa shape index (κ2) is 7.39. The summed E-state index contributed by atoms with van der Waals surface area (Å²) in [6, 6.07) is 12.2. The summed E-state index contributed by atoms with van der Waals surface area (Å²) in [6.45, 7) is 1.91. The maximum absolute atomic E-state index is 12.9. The van der Waals surface area contributed by atoms with Gasteiger partial charge in [0.2, 0.25) is 5.91 Å². The zero-order chi connectivity index (χ0) is 18.8. The Kier molecular flexibility index (Phi) is 4.79. The van der Waals surface area contributed by atoms with Crippen molar-refractivity contribution in [2.45, 2.75) is 25.3 Å². The molecule has 1 aromatic heterocycles. The molecule has 140 valence electrons. The highest BCUT2D eigenvalue weighted by atomic mass is 16.3. The van der Waals surface area contributed by atoms with Crippen molar-refractivity contribution in [2.75, 3.05) is 19.6 Å². The molecule has 4 heterocycles. The van der Waals surface area contributed by atoms with Gasteiger partial charge in [-0.3, -0.25) is 14.6 Å². The van der Waals surface area contributed by atoms with E-state index in [2.05, 4.69) is 4.98 Å². The number of amides is 2. The molecule has 0 unspecified atom stereocenters. The van der Waals surface area contributed by atoms with E-state index in [0.29, 0.717) is 31.2 Å². The molecule has 1 aromatic carbocycles. The zero-order valence-corrected chi connectivity index (χ0v) is 15.1. The van der Waals surface area contributed by atoms with Crippen molar-refractivity contribution >= 4 is 11.8 Å². The van der Waals surface area contributed by atoms with Crippen LogP contribution in [-0.4, -0.2) is 57.4 Å². The average molecular weight is 365 g/mol. The van der Waals surface area contributed by atoms with Crippen molar-refractivity contribution in [2.24, 2.45) is 5.92 Å². The molecule has 0 aliphatic carbocycles. The van der Waals surface area contributed by atoms with Crippen molar-refractivity contribution < 1.29 is 14.7 Å². The highest BCUT2D eigenvalue weighted by Gasteiger charge is 2.38. The molecule has 3 fully saturated rings. The van der Waals surface area contributed by atoms with Crippen LogP contribution >= 0.6 is 0 Å². The third-order valence-electron chi connectivity index (χ3n) is 5.47. The summed E-state index contributed by atoms with van der Waals surface area (Å²) in [4.78, 5) is 33.7. The highest BCUT2D eigenvalue weighted by molar-refractivity contribution is 5.92. The number of carbonyl (C=O) groups excluding carboxylic acids is 2. The third kappa shape index (κ3) is 3.79. The van der Waals surface area contributed by atoms with Gasteiger partial charge in [-0.25, -0.2) is 0 Å². The fourth-order valence-electron chi connectivity index (χ4n) is 4.15. The van der Waals surface area contributed by atoms with Crippen LogP contribution in [0.5, 0.6) is 5.75 Å². The summed E-state index contributed by atoms with van der Waals surface area (Å²) in [6.07, 6.45) is 3.85. The summed E-state index contributed by atoms with van der Waals surface area (Å²) in [7, 11) is 0. The largest absolute Gasteiger partial charge is 0.508 e. The number of rotatable bonds is 3. The first-order valence-corrected chi connectivity index (χ1v) is 9.38. The molecular weight excluding hydrogens is 342 g/mol. The fourth-order valence-corrected chi connectivity index (χ4v) is 4.15. The van der Waals surface area contributed by atoms with Crippen LogP contribution in [0.15, 0.2) is 48.7 Å². The molecular formula is C21H23N3O3. The molecule has 3 aliphatic rings. The number of benzene rings is 1. The van der Waals surface area contributed by atoms with E-state index in [4.69, 9.17) is 0 Å². The lowest BCUT2D eigenvalue weighted by Gasteiger charge is -2.36. The van der Waals surface area contributed by atoms with E-state index in [1.54, 1.807) is 36.5 Å². The normalized spacial score (nSPS) is 21.8. The number of pyridine rings is 1. The topological polar surface area (TPSA) is 73.7 Å². The van der Waals surface area contributed by atoms with E-state index < -0.39 is 0 Å². The van der Waals surface area contributed by atoms with Crippen LogP contribution in [-0.2, 0) is 11.2 Å². The minimum Gasteiger partial charge on any atom is -0.508 e. The molecule has 2 aromatic rings. The van der Waals surface area contributed by atoms with Crippen molar-refractivity contribution in [3.63, 3.8) is 0 Å². The number of nitrogens with zero attached hydrogens (tertiary/aromatic N) is 3. The summed E-state index contributed by atoms with van der Waals surface area (Å²) >= 11 is 0. The average Bonchev–Trinajstić information content (AvgIpc) is 3.00. The maximum Gasteiger partial charge on any atom is 0.272 e. The van der Waals surface area contributed by atoms with Gasteiger partial charge >= 0.3 is 0 Å². The minimum absolute atomic E-state index is 0.0428. The number of piperidine rings is 1. The van der Waals surface area contributed by atoms with Crippen LogP contribution in [0.3, 0.4) is 0 Å². The van der Waals surface area contributed by atoms with E-state index in [1.807, 2.05) is 21.9 Å². The van der Waals surface area contributed by atoms with Crippen molar-refractivity contribution in [1.82, 2.24) is 14.8 Å². The van der Waals surface area contributed by atoms with E-state index in [0.717, 1.165) is 18.4 Å². The van der Waals surface area contributed by atoms with E-state index >= 15 is 0 Å². The Morgan fingerprint density at radius 3 is 2.74 bits per heavy atom. The molecule has 3 saturated heterocycles. The van der Waals surface area contributed by atoms with Gasteiger partial charge in [0.1, 0.15) is 11.4 Å². The van der Waals surface area contributed by atoms with Crippen LogP contribution < -0.4 is 0 Å². The van der Waals surface area contributed by atoms with Gasteiger partial charge < -0.3 is 14.9 Å². The Bertz CT molecular complexity index is 840. The van der Waals surface area contributed by atoms with Gasteiger partial charge in [-0.05, 0) is 48.6 Å². The second-order valence-electron chi connectivity index (χ2n) is 7.42. The van der Waals surface area contributed by atoms with Gasteiger partial charge in [0.15, 0.2) is 0 Å². The number of hydrogen-bond acceptors (Lipinski definition) is 4. The number of aromatic nitrogens is 1. The molecule has 2 atom stereocenters. The Morgan fingerprint density at radius 2 is 1.96 bits per heavy atom. The van der Waals surface area contributed by atoms with E-state index in [1.165, 1.54) is 0 Å². The van der Waals surface area contributed by atoms with Gasteiger partial charge in [0.05, 0.1) is 6.42 Å². The standard InChI is InChI=1S/C21H23N3O3/c25-18-5-3-4-15(10-18)11-20(26)24-13-16-7-8-17(24)14-23(12-16)21(27)19-6-1-2-9-22-19/h1-6,9-10,16-17,25H,7-8,11-14H2/t16-,17+/m0/s1. The van der Waals surface area contributed by atoms with Gasteiger partial charge in [0.25, 0.3) is 5.91 Å². The Hall–Kier alpha value is -2.89. The van der Waals surface area contributed by atoms with Crippen molar-refractivity contribution in [1.29, 1.82) is 0 Å². The SMILES string of the molecule is O=C(c1ccccn1)N1C[C@@H]2CC[C@H](C1)N(C(=O)Cc1cccc(O)c1)C2. The lowest BCUT2D eigenvalue weighted by atomic mass is 9.94. The number of phenols is 1. The van der Waals surface area contributed by atoms with Crippen LogP contribution in [0.25, 0.3) is 0 Å². The van der Waals surface area contributed by atoms with Crippen molar-refractivity contribution in [3.8, 4) is 5.75 Å². The predicted octanol–water partition coefficient (Wildman–Crippen LogP) is 2.09. The van der Waals surface area contributed by atoms with Gasteiger partial charge in [-0.15, -0.1) is 0 Å². The minimum atomic E-state index is -0.0604. The number of aromatic hydroxyl groups is 1. The van der Waals surface area contributed by atoms with Gasteiger partial charge in [-0.1, -0.05) is 18.2 Å². The number of hydrogen-bond donors (Lipinski definition) is 1. The summed E-state index contributed by atoms with van der Waals surface area (Å²) < 4.78 is 0. The van der Waals surface area contributed by atoms with Crippen LogP contribution in [0, 0.1) is 5.92 Å². The summed E-state index contributed by atoms with van der Waals surface area (Å²) in [5.74, 6) is 0.464. The second-order valence-corrected chi connectivity index (χ2v) is 7.42. The molecule has 0 radical (unpaired) electrons. The van der Waals surface area contributed by atoms with Crippen LogP contribution in [0.1, 0.15) is 28.9 Å². The molecule has 0 spiro atoms. The molecule has 6 heteroatoms. The van der Waals surface area contributed by atoms with Crippen LogP contribution in [0.2, 0.25) is 0 Å². The molecule has 3 aliphatic heterocycles. The fraction of sp³-hybridized carbons (Fsp3) is 0.381. The van der Waals surface area contributed by atoms with Crippen molar-refractivity contribution in [3.05, 3.63) is 59.9 Å². The number of phenolic OH excluding ortho intramolecular Hbond substituents is 1. The third-order valence-corrected chi connectivity index (χ3v) is 5.47. The first-order chi connectivity index (χ1) is 13.1. The lowest BCUT2D eigenvalue weighted by Crippen LogP contribution is -2.48. The summed E-state index contributed by atoms with van der Waals surface area (Å²) in [5, 5.41) is 9.62. The lowest BCUT2D eigenvalue weighted by molar-refractivity contribution is -0.134. The first kappa shape index (κ1) is 17.5. The first-order valence-electron chi connectivity index (χ1n) is 9.38. The monoisotopic (exact) mass is 365 g/mol. The number of carbonyl (C=O) groups is 2. The van der Waals surface area contributed by atoms with E-state index in [9.17, 15) is 14.7 Å². The van der Waals surface area contributed by atoms with Gasteiger partial charge in [0, 0.05) is 31.9 Å². The summed E-state index contributed by atoms with van der Waals surface area (Å²) in [5.41, 5.74) is 1.26. The predicted molar refractivity (Wildman–Crippen MR) is 100 cm³/mol. The molecule has 0 saturated carbocycles. The molecule has 1 N–H and O–H groups in total. The molecule has 27 heavy (non-hydrogen) atoms.